The van der Waals surface area contributed by atoms with Gasteiger partial charge in [0, 0.05) is 19.1 Å². The normalized spacial score (nSPS) is 52.5. The lowest BCUT2D eigenvalue weighted by atomic mass is 9.50. The number of nitrogens with one attached hydrogen (secondary N) is 1. The molecule has 102 valence electrons. The van der Waals surface area contributed by atoms with Crippen molar-refractivity contribution in [3.63, 3.8) is 0 Å². The van der Waals surface area contributed by atoms with Crippen LogP contribution in [0.5, 0.6) is 0 Å². The Bertz CT molecular complexity index is 286. The number of hydrogen-bond acceptors (Lipinski definition) is 2. The maximum absolute atomic E-state index is 3.90. The largest absolute Gasteiger partial charge is 0.312 e. The molecule has 1 saturated heterocycles. The minimum absolute atomic E-state index is 0.838. The summed E-state index contributed by atoms with van der Waals surface area (Å²) < 4.78 is 0. The van der Waals surface area contributed by atoms with E-state index in [2.05, 4.69) is 17.3 Å². The summed E-state index contributed by atoms with van der Waals surface area (Å²) in [6.45, 7) is 3.76. The van der Waals surface area contributed by atoms with Crippen molar-refractivity contribution < 1.29 is 0 Å². The van der Waals surface area contributed by atoms with Crippen LogP contribution in [0.25, 0.3) is 0 Å². The first-order chi connectivity index (χ1) is 8.79. The molecule has 18 heavy (non-hydrogen) atoms. The van der Waals surface area contributed by atoms with E-state index in [9.17, 15) is 0 Å². The van der Waals surface area contributed by atoms with E-state index in [1.54, 1.807) is 32.1 Å². The Kier molecular flexibility index (Phi) is 2.92. The SMILES string of the molecule is CN1CCNC(C2C3CC4CC(C3)CC2C4)CC1. The van der Waals surface area contributed by atoms with Crippen molar-refractivity contribution in [3.05, 3.63) is 0 Å². The van der Waals surface area contributed by atoms with E-state index in [1.807, 2.05) is 0 Å². The summed E-state index contributed by atoms with van der Waals surface area (Å²) in [7, 11) is 2.28. The van der Waals surface area contributed by atoms with Gasteiger partial charge in [0.2, 0.25) is 0 Å². The highest BCUT2D eigenvalue weighted by molar-refractivity contribution is 5.02. The Balaban J connectivity index is 1.50. The highest BCUT2D eigenvalue weighted by Crippen LogP contribution is 2.57. The minimum atomic E-state index is 0.838. The third-order valence-electron chi connectivity index (χ3n) is 6.49. The van der Waals surface area contributed by atoms with Crippen LogP contribution in [-0.4, -0.2) is 37.6 Å². The second-order valence-corrected chi connectivity index (χ2v) is 7.66. The Morgan fingerprint density at radius 3 is 2.22 bits per heavy atom. The zero-order valence-corrected chi connectivity index (χ0v) is 11.8. The zero-order valence-electron chi connectivity index (χ0n) is 11.8. The van der Waals surface area contributed by atoms with Crippen molar-refractivity contribution in [3.8, 4) is 0 Å². The van der Waals surface area contributed by atoms with Crippen LogP contribution in [0.3, 0.4) is 0 Å². The molecule has 0 aromatic heterocycles. The van der Waals surface area contributed by atoms with Gasteiger partial charge in [0.15, 0.2) is 0 Å². The fourth-order valence-corrected chi connectivity index (χ4v) is 5.97. The Morgan fingerprint density at radius 1 is 0.889 bits per heavy atom. The van der Waals surface area contributed by atoms with E-state index in [4.69, 9.17) is 0 Å². The summed E-state index contributed by atoms with van der Waals surface area (Å²) in [5, 5.41) is 3.90. The average molecular weight is 248 g/mol. The maximum atomic E-state index is 3.90. The van der Waals surface area contributed by atoms with E-state index >= 15 is 0 Å². The van der Waals surface area contributed by atoms with Crippen molar-refractivity contribution in [1.82, 2.24) is 10.2 Å². The Hall–Kier alpha value is -0.0800. The molecule has 0 amide bonds. The Morgan fingerprint density at radius 2 is 1.56 bits per heavy atom. The fourth-order valence-electron chi connectivity index (χ4n) is 5.97. The van der Waals surface area contributed by atoms with Crippen LogP contribution in [-0.2, 0) is 0 Å². The average Bonchev–Trinajstić information content (AvgIpc) is 2.53. The molecule has 1 aliphatic heterocycles. The quantitative estimate of drug-likeness (QED) is 0.766. The maximum Gasteiger partial charge on any atom is 0.0113 e. The van der Waals surface area contributed by atoms with Gasteiger partial charge in [0.1, 0.15) is 0 Å². The van der Waals surface area contributed by atoms with Gasteiger partial charge in [-0.1, -0.05) is 0 Å². The molecule has 1 heterocycles. The third kappa shape index (κ3) is 1.92. The number of nitrogens with zero attached hydrogens (tertiary/aromatic N) is 1. The molecule has 4 aliphatic carbocycles. The van der Waals surface area contributed by atoms with E-state index in [0.717, 1.165) is 35.6 Å². The molecule has 0 aromatic rings. The molecule has 1 unspecified atom stereocenters. The molecule has 4 saturated carbocycles. The van der Waals surface area contributed by atoms with E-state index in [-0.39, 0.29) is 0 Å². The monoisotopic (exact) mass is 248 g/mol. The van der Waals surface area contributed by atoms with Gasteiger partial charge in [0.05, 0.1) is 0 Å². The highest BCUT2D eigenvalue weighted by Gasteiger charge is 2.50. The first-order valence-corrected chi connectivity index (χ1v) is 8.21. The van der Waals surface area contributed by atoms with Gasteiger partial charge in [-0.25, -0.2) is 0 Å². The summed E-state index contributed by atoms with van der Waals surface area (Å²) in [4.78, 5) is 2.50. The highest BCUT2D eigenvalue weighted by atomic mass is 15.1. The molecule has 1 N–H and O–H groups in total. The standard InChI is InChI=1S/C16H28N2/c1-18-4-2-15(17-3-5-18)16-13-7-11-6-12(9-13)10-14(16)8-11/h11-17H,2-10H2,1H3. The van der Waals surface area contributed by atoms with Crippen molar-refractivity contribution in [2.24, 2.45) is 29.6 Å². The van der Waals surface area contributed by atoms with Crippen molar-refractivity contribution in [2.75, 3.05) is 26.7 Å². The second-order valence-electron chi connectivity index (χ2n) is 7.66. The van der Waals surface area contributed by atoms with E-state index < -0.39 is 0 Å². The lowest BCUT2D eigenvalue weighted by Crippen LogP contribution is -2.53. The molecule has 5 aliphatic rings. The van der Waals surface area contributed by atoms with Crippen LogP contribution >= 0.6 is 0 Å². The summed E-state index contributed by atoms with van der Waals surface area (Å²) in [6.07, 6.45) is 9.28. The molecule has 5 fully saturated rings. The summed E-state index contributed by atoms with van der Waals surface area (Å²) in [5.41, 5.74) is 0. The first-order valence-electron chi connectivity index (χ1n) is 8.21. The van der Waals surface area contributed by atoms with Gasteiger partial charge in [-0.2, -0.15) is 0 Å². The fraction of sp³-hybridized carbons (Fsp3) is 1.00. The van der Waals surface area contributed by atoms with Crippen LogP contribution in [0.4, 0.5) is 0 Å². The summed E-state index contributed by atoms with van der Waals surface area (Å²) in [6, 6.07) is 0.838. The first kappa shape index (κ1) is 11.7. The molecule has 4 bridgehead atoms. The molecule has 0 aromatic carbocycles. The van der Waals surface area contributed by atoms with Gasteiger partial charge in [-0.15, -0.1) is 0 Å². The zero-order chi connectivity index (χ0) is 12.1. The van der Waals surface area contributed by atoms with Crippen LogP contribution < -0.4 is 5.32 Å². The van der Waals surface area contributed by atoms with Crippen molar-refractivity contribution in [2.45, 2.75) is 44.6 Å². The predicted octanol–water partition coefficient (Wildman–Crippen LogP) is 2.35. The van der Waals surface area contributed by atoms with Gasteiger partial charge in [-0.05, 0) is 81.7 Å². The molecule has 5 rings (SSSR count). The summed E-state index contributed by atoms with van der Waals surface area (Å²) >= 11 is 0. The lowest BCUT2D eigenvalue weighted by molar-refractivity contribution is -0.0520. The van der Waals surface area contributed by atoms with Crippen molar-refractivity contribution in [1.29, 1.82) is 0 Å². The van der Waals surface area contributed by atoms with Gasteiger partial charge in [-0.3, -0.25) is 0 Å². The molecule has 1 atom stereocenters. The van der Waals surface area contributed by atoms with Gasteiger partial charge >= 0.3 is 0 Å². The van der Waals surface area contributed by atoms with E-state index in [1.165, 1.54) is 26.1 Å². The number of hydrogen-bond donors (Lipinski definition) is 1. The van der Waals surface area contributed by atoms with E-state index in [0.29, 0.717) is 0 Å². The van der Waals surface area contributed by atoms with Gasteiger partial charge in [0.25, 0.3) is 0 Å². The molecule has 0 spiro atoms. The van der Waals surface area contributed by atoms with Crippen molar-refractivity contribution >= 4 is 0 Å². The van der Waals surface area contributed by atoms with Crippen LogP contribution in [0, 0.1) is 29.6 Å². The molecule has 2 nitrogen and oxygen atoms in total. The predicted molar refractivity (Wildman–Crippen MR) is 74.4 cm³/mol. The van der Waals surface area contributed by atoms with Crippen LogP contribution in [0.2, 0.25) is 0 Å². The molecule has 0 radical (unpaired) electrons. The number of rotatable bonds is 1. The summed E-state index contributed by atoms with van der Waals surface area (Å²) in [5.74, 6) is 5.45. The second kappa shape index (κ2) is 4.49. The van der Waals surface area contributed by atoms with Gasteiger partial charge < -0.3 is 10.2 Å². The Labute approximate surface area is 111 Å². The molecule has 2 heteroatoms. The molecular formula is C16H28N2. The number of likely N-dealkylation sites (N-methyl/N-ethyl adjacent to an activating group) is 1. The smallest absolute Gasteiger partial charge is 0.0113 e. The van der Waals surface area contributed by atoms with Crippen LogP contribution in [0.15, 0.2) is 0 Å². The topological polar surface area (TPSA) is 15.3 Å². The molecular weight excluding hydrogens is 220 g/mol. The third-order valence-corrected chi connectivity index (χ3v) is 6.49. The minimum Gasteiger partial charge on any atom is -0.312 e. The lowest BCUT2D eigenvalue weighted by Gasteiger charge is -2.56. The van der Waals surface area contributed by atoms with Crippen LogP contribution in [0.1, 0.15) is 38.5 Å².